The molecule has 0 aromatic heterocycles. The molecule has 3 saturated carbocycles. The van der Waals surface area contributed by atoms with E-state index in [1.165, 1.54) is 77.0 Å². The molecule has 0 nitrogen and oxygen atoms in total. The monoisotopic (exact) mass is 398 g/mol. The zero-order valence-electron chi connectivity index (χ0n) is 20.7. The van der Waals surface area contributed by atoms with Crippen molar-refractivity contribution >= 4 is 0 Å². The van der Waals surface area contributed by atoms with Gasteiger partial charge in [0.1, 0.15) is 0 Å². The molecule has 3 fully saturated rings. The molecule has 0 aromatic carbocycles. The van der Waals surface area contributed by atoms with E-state index in [4.69, 9.17) is 0 Å². The van der Waals surface area contributed by atoms with Crippen molar-refractivity contribution in [3.8, 4) is 0 Å². The molecule has 0 saturated heterocycles. The van der Waals surface area contributed by atoms with Crippen LogP contribution in [0, 0.1) is 46.3 Å². The zero-order chi connectivity index (χ0) is 20.8. The fourth-order valence-electron chi connectivity index (χ4n) is 9.06. The van der Waals surface area contributed by atoms with Crippen LogP contribution in [-0.4, -0.2) is 0 Å². The number of hydrogen-bond donors (Lipinski definition) is 0. The lowest BCUT2D eigenvalue weighted by Crippen LogP contribution is -2.50. The van der Waals surface area contributed by atoms with Gasteiger partial charge in [0, 0.05) is 0 Å². The Morgan fingerprint density at radius 3 is 2.38 bits per heavy atom. The molecule has 0 bridgehead atoms. The van der Waals surface area contributed by atoms with E-state index in [1.807, 2.05) is 11.1 Å². The van der Waals surface area contributed by atoms with E-state index in [-0.39, 0.29) is 0 Å². The molecule has 0 heterocycles. The van der Waals surface area contributed by atoms with Gasteiger partial charge in [0.15, 0.2) is 0 Å². The van der Waals surface area contributed by atoms with Gasteiger partial charge < -0.3 is 0 Å². The van der Waals surface area contributed by atoms with Crippen molar-refractivity contribution in [2.45, 2.75) is 125 Å². The highest BCUT2D eigenvalue weighted by atomic mass is 14.6. The van der Waals surface area contributed by atoms with E-state index in [2.05, 4.69) is 41.5 Å². The van der Waals surface area contributed by atoms with Gasteiger partial charge in [0.05, 0.1) is 0 Å². The van der Waals surface area contributed by atoms with Crippen LogP contribution in [0.25, 0.3) is 0 Å². The molecule has 0 spiro atoms. The smallest absolute Gasteiger partial charge is 0.00796 e. The predicted molar refractivity (Wildman–Crippen MR) is 127 cm³/mol. The minimum Gasteiger partial charge on any atom is -0.0676 e. The lowest BCUT2D eigenvalue weighted by atomic mass is 9.46. The summed E-state index contributed by atoms with van der Waals surface area (Å²) in [6.07, 6.45) is 19.3. The van der Waals surface area contributed by atoms with E-state index < -0.39 is 0 Å². The standard InChI is InChI=1S/C29H50/c1-7-22(20(2)3)12-11-21(4)23-15-19-29(6)26(23)14-13-24-25-10-8-9-17-28(25,5)18-16-27(24)29/h20-22,24-25,27H,7-19H2,1-6H3/t21-,22-,24-,25+,27-,28+,29+/m1/s1. The summed E-state index contributed by atoms with van der Waals surface area (Å²) in [5.41, 5.74) is 5.16. The van der Waals surface area contributed by atoms with Crippen molar-refractivity contribution in [3.63, 3.8) is 0 Å². The summed E-state index contributed by atoms with van der Waals surface area (Å²) < 4.78 is 0. The largest absolute Gasteiger partial charge is 0.0676 e. The van der Waals surface area contributed by atoms with Crippen molar-refractivity contribution in [2.75, 3.05) is 0 Å². The van der Waals surface area contributed by atoms with Crippen molar-refractivity contribution < 1.29 is 0 Å². The average molecular weight is 399 g/mol. The van der Waals surface area contributed by atoms with E-state index in [1.54, 1.807) is 6.42 Å². The molecule has 0 aromatic rings. The molecular formula is C29H50. The minimum atomic E-state index is 0.563. The van der Waals surface area contributed by atoms with Gasteiger partial charge in [0.2, 0.25) is 0 Å². The number of fused-ring (bicyclic) bond motifs is 5. The SMILES string of the molecule is CC[C@H](CC[C@@H](C)C1=C2CC[C@H]3[C@@H](CC[C@]4(C)CCCC[C@@H]34)[C@@]2(C)CC1)C(C)C. The molecule has 0 aliphatic heterocycles. The third kappa shape index (κ3) is 3.78. The second-order valence-corrected chi connectivity index (χ2v) is 12.7. The number of allylic oxidation sites excluding steroid dienone is 2. The van der Waals surface area contributed by atoms with Gasteiger partial charge in [-0.25, -0.2) is 0 Å². The molecule has 4 aliphatic rings. The van der Waals surface area contributed by atoms with Gasteiger partial charge in [-0.15, -0.1) is 0 Å². The van der Waals surface area contributed by atoms with Crippen molar-refractivity contribution in [1.29, 1.82) is 0 Å². The molecular weight excluding hydrogens is 348 g/mol. The van der Waals surface area contributed by atoms with Gasteiger partial charge >= 0.3 is 0 Å². The van der Waals surface area contributed by atoms with Crippen LogP contribution in [0.1, 0.15) is 125 Å². The molecule has 0 amide bonds. The Hall–Kier alpha value is -0.260. The van der Waals surface area contributed by atoms with Crippen LogP contribution in [0.3, 0.4) is 0 Å². The van der Waals surface area contributed by atoms with Crippen LogP contribution < -0.4 is 0 Å². The maximum Gasteiger partial charge on any atom is -0.00796 e. The van der Waals surface area contributed by atoms with E-state index in [0.717, 1.165) is 35.5 Å². The van der Waals surface area contributed by atoms with Gasteiger partial charge in [-0.1, -0.05) is 72.0 Å². The lowest BCUT2D eigenvalue weighted by molar-refractivity contribution is -0.0675. The highest BCUT2D eigenvalue weighted by Crippen LogP contribution is 2.66. The van der Waals surface area contributed by atoms with Crippen LogP contribution in [0.5, 0.6) is 0 Å². The van der Waals surface area contributed by atoms with Gasteiger partial charge in [-0.2, -0.15) is 0 Å². The van der Waals surface area contributed by atoms with Crippen LogP contribution >= 0.6 is 0 Å². The van der Waals surface area contributed by atoms with Crippen LogP contribution in [0.4, 0.5) is 0 Å². The first kappa shape index (κ1) is 22.0. The molecule has 0 N–H and O–H groups in total. The third-order valence-corrected chi connectivity index (χ3v) is 11.0. The van der Waals surface area contributed by atoms with Crippen LogP contribution in [0.15, 0.2) is 11.1 Å². The minimum absolute atomic E-state index is 0.563. The molecule has 0 radical (unpaired) electrons. The Balaban J connectivity index is 1.50. The summed E-state index contributed by atoms with van der Waals surface area (Å²) in [7, 11) is 0. The highest BCUT2D eigenvalue weighted by Gasteiger charge is 2.56. The molecule has 7 atom stereocenters. The topological polar surface area (TPSA) is 0 Å². The van der Waals surface area contributed by atoms with E-state index >= 15 is 0 Å². The molecule has 0 unspecified atom stereocenters. The summed E-state index contributed by atoms with van der Waals surface area (Å²) >= 11 is 0. The Morgan fingerprint density at radius 1 is 0.862 bits per heavy atom. The first-order valence-electron chi connectivity index (χ1n) is 13.5. The van der Waals surface area contributed by atoms with Crippen LogP contribution in [0.2, 0.25) is 0 Å². The maximum absolute atomic E-state index is 2.72. The van der Waals surface area contributed by atoms with Gasteiger partial charge in [-0.05, 0) is 111 Å². The first-order chi connectivity index (χ1) is 13.8. The third-order valence-electron chi connectivity index (χ3n) is 11.0. The van der Waals surface area contributed by atoms with Crippen molar-refractivity contribution in [1.82, 2.24) is 0 Å². The Morgan fingerprint density at radius 2 is 1.66 bits per heavy atom. The molecule has 4 aliphatic carbocycles. The summed E-state index contributed by atoms with van der Waals surface area (Å²) in [5, 5.41) is 0. The lowest BCUT2D eigenvalue weighted by Gasteiger charge is -2.59. The van der Waals surface area contributed by atoms with E-state index in [9.17, 15) is 0 Å². The fraction of sp³-hybridized carbons (Fsp3) is 0.931. The predicted octanol–water partition coefficient (Wildman–Crippen LogP) is 9.20. The zero-order valence-corrected chi connectivity index (χ0v) is 20.7. The summed E-state index contributed by atoms with van der Waals surface area (Å²) in [4.78, 5) is 0. The summed E-state index contributed by atoms with van der Waals surface area (Å²) in [5.74, 6) is 5.70. The van der Waals surface area contributed by atoms with Crippen LogP contribution in [-0.2, 0) is 0 Å². The maximum atomic E-state index is 2.72. The van der Waals surface area contributed by atoms with Crippen molar-refractivity contribution in [2.24, 2.45) is 46.3 Å². The molecule has 166 valence electrons. The Bertz CT molecular complexity index is 612. The molecule has 29 heavy (non-hydrogen) atoms. The molecule has 4 rings (SSSR count). The fourth-order valence-corrected chi connectivity index (χ4v) is 9.06. The van der Waals surface area contributed by atoms with Gasteiger partial charge in [-0.3, -0.25) is 0 Å². The quantitative estimate of drug-likeness (QED) is 0.391. The van der Waals surface area contributed by atoms with Crippen molar-refractivity contribution in [3.05, 3.63) is 11.1 Å². The normalized spacial score (nSPS) is 41.7. The second-order valence-electron chi connectivity index (χ2n) is 12.7. The Labute approximate surface area is 182 Å². The Kier molecular flexibility index (Phi) is 6.32. The van der Waals surface area contributed by atoms with Gasteiger partial charge in [0.25, 0.3) is 0 Å². The summed E-state index contributed by atoms with van der Waals surface area (Å²) in [6, 6.07) is 0. The first-order valence-corrected chi connectivity index (χ1v) is 13.5. The summed E-state index contributed by atoms with van der Waals surface area (Å²) in [6.45, 7) is 15.2. The second kappa shape index (κ2) is 8.35. The number of rotatable bonds is 6. The number of hydrogen-bond acceptors (Lipinski definition) is 0. The molecule has 0 heteroatoms. The van der Waals surface area contributed by atoms with E-state index in [0.29, 0.717) is 10.8 Å². The average Bonchev–Trinajstić information content (AvgIpc) is 3.04. The highest BCUT2D eigenvalue weighted by molar-refractivity contribution is 5.33.